The topological polar surface area (TPSA) is 79.8 Å². The largest absolute Gasteiger partial charge is 0.364 e. The van der Waals surface area contributed by atoms with Crippen LogP contribution < -0.4 is 10.6 Å². The molecule has 0 spiro atoms. The number of nitrogens with one attached hydrogen (secondary N) is 2. The highest BCUT2D eigenvalue weighted by atomic mass is 35.5. The molecule has 1 amide bonds. The van der Waals surface area contributed by atoms with E-state index in [1.165, 1.54) is 0 Å². The van der Waals surface area contributed by atoms with Crippen molar-refractivity contribution in [2.75, 3.05) is 10.6 Å². The lowest BCUT2D eigenvalue weighted by Gasteiger charge is -2.09. The summed E-state index contributed by atoms with van der Waals surface area (Å²) in [7, 11) is 0. The van der Waals surface area contributed by atoms with E-state index in [2.05, 4.69) is 25.6 Å². The minimum atomic E-state index is -0.311. The van der Waals surface area contributed by atoms with E-state index < -0.39 is 0 Å². The van der Waals surface area contributed by atoms with Crippen molar-refractivity contribution in [2.45, 2.75) is 13.5 Å². The van der Waals surface area contributed by atoms with Gasteiger partial charge in [0.2, 0.25) is 0 Å². The Hall–Kier alpha value is -2.99. The van der Waals surface area contributed by atoms with E-state index in [4.69, 9.17) is 11.6 Å². The van der Waals surface area contributed by atoms with Crippen molar-refractivity contribution in [3.05, 3.63) is 77.0 Å². The van der Waals surface area contributed by atoms with Crippen molar-refractivity contribution >= 4 is 29.0 Å². The Morgan fingerprint density at radius 2 is 1.92 bits per heavy atom. The molecule has 6 nitrogen and oxygen atoms in total. The lowest BCUT2D eigenvalue weighted by Crippen LogP contribution is -2.16. The van der Waals surface area contributed by atoms with Crippen LogP contribution in [-0.4, -0.2) is 20.9 Å². The van der Waals surface area contributed by atoms with Gasteiger partial charge in [0.05, 0.1) is 12.2 Å². The van der Waals surface area contributed by atoms with Crippen LogP contribution in [0.15, 0.2) is 54.7 Å². The van der Waals surface area contributed by atoms with Crippen molar-refractivity contribution in [3.8, 4) is 0 Å². The molecule has 0 saturated heterocycles. The van der Waals surface area contributed by atoms with Gasteiger partial charge >= 0.3 is 0 Å². The summed E-state index contributed by atoms with van der Waals surface area (Å²) in [6.07, 6.45) is 1.73. The molecule has 2 aromatic heterocycles. The molecule has 1 aromatic carbocycles. The molecule has 3 rings (SSSR count). The van der Waals surface area contributed by atoms with E-state index in [-0.39, 0.29) is 11.6 Å². The summed E-state index contributed by atoms with van der Waals surface area (Å²) < 4.78 is 0. The second-order valence-corrected chi connectivity index (χ2v) is 5.76. The Balaban J connectivity index is 1.72. The molecule has 3 aromatic rings. The molecule has 7 heteroatoms. The average Bonchev–Trinajstić information content (AvgIpc) is 2.62. The maximum absolute atomic E-state index is 12.4. The standard InChI is InChI=1S/C18H16ClN5O/c1-12-22-16(18(25)24-14-7-5-13(19)6-8-14)10-17(23-12)21-11-15-4-2-3-9-20-15/h2-10H,11H2,1H3,(H,24,25)(H,21,22,23). The predicted octanol–water partition coefficient (Wildman–Crippen LogP) is 3.70. The molecule has 126 valence electrons. The second kappa shape index (κ2) is 7.72. The first-order valence-electron chi connectivity index (χ1n) is 7.66. The van der Waals surface area contributed by atoms with E-state index in [9.17, 15) is 4.79 Å². The maximum Gasteiger partial charge on any atom is 0.274 e. The summed E-state index contributed by atoms with van der Waals surface area (Å²) in [5.41, 5.74) is 1.81. The van der Waals surface area contributed by atoms with Gasteiger partial charge in [0, 0.05) is 23.0 Å². The molecule has 25 heavy (non-hydrogen) atoms. The third-order valence-corrected chi connectivity index (χ3v) is 3.60. The Morgan fingerprint density at radius 1 is 1.12 bits per heavy atom. The van der Waals surface area contributed by atoms with Gasteiger partial charge < -0.3 is 10.6 Å². The van der Waals surface area contributed by atoms with Crippen LogP contribution in [0.4, 0.5) is 11.5 Å². The van der Waals surface area contributed by atoms with Crippen LogP contribution in [0.1, 0.15) is 22.0 Å². The normalized spacial score (nSPS) is 10.3. The lowest BCUT2D eigenvalue weighted by atomic mass is 10.3. The van der Waals surface area contributed by atoms with Gasteiger partial charge in [0.15, 0.2) is 0 Å². The number of aromatic nitrogens is 3. The number of aryl methyl sites for hydroxylation is 1. The summed E-state index contributed by atoms with van der Waals surface area (Å²) in [6.45, 7) is 2.25. The molecule has 0 radical (unpaired) electrons. The van der Waals surface area contributed by atoms with Crippen LogP contribution in [0.5, 0.6) is 0 Å². The van der Waals surface area contributed by atoms with Crippen molar-refractivity contribution in [3.63, 3.8) is 0 Å². The monoisotopic (exact) mass is 353 g/mol. The first-order valence-corrected chi connectivity index (χ1v) is 8.04. The highest BCUT2D eigenvalue weighted by Crippen LogP contribution is 2.15. The number of carbonyl (C=O) groups is 1. The Labute approximate surface area is 150 Å². The van der Waals surface area contributed by atoms with Crippen LogP contribution in [0.2, 0.25) is 5.02 Å². The molecule has 0 saturated carbocycles. The summed E-state index contributed by atoms with van der Waals surface area (Å²) in [4.78, 5) is 25.1. The zero-order chi connectivity index (χ0) is 17.6. The van der Waals surface area contributed by atoms with Crippen LogP contribution in [0.3, 0.4) is 0 Å². The van der Waals surface area contributed by atoms with E-state index in [1.54, 1.807) is 43.5 Å². The van der Waals surface area contributed by atoms with Crippen LogP contribution in [-0.2, 0) is 6.54 Å². The molecule has 2 heterocycles. The van der Waals surface area contributed by atoms with Crippen LogP contribution >= 0.6 is 11.6 Å². The number of pyridine rings is 1. The molecule has 0 aliphatic heterocycles. The quantitative estimate of drug-likeness (QED) is 0.731. The fourth-order valence-corrected chi connectivity index (χ4v) is 2.31. The molecular weight excluding hydrogens is 338 g/mol. The molecular formula is C18H16ClN5O. The molecule has 0 unspecified atom stereocenters. The number of halogens is 1. The van der Waals surface area contributed by atoms with Gasteiger partial charge in [-0.3, -0.25) is 9.78 Å². The van der Waals surface area contributed by atoms with E-state index in [1.807, 2.05) is 18.2 Å². The number of amides is 1. The van der Waals surface area contributed by atoms with E-state index in [0.717, 1.165) is 5.69 Å². The SMILES string of the molecule is Cc1nc(NCc2ccccn2)cc(C(=O)Nc2ccc(Cl)cc2)n1. The number of carbonyl (C=O) groups excluding carboxylic acids is 1. The number of rotatable bonds is 5. The number of anilines is 2. The summed E-state index contributed by atoms with van der Waals surface area (Å²) >= 11 is 5.85. The van der Waals surface area contributed by atoms with E-state index in [0.29, 0.717) is 28.9 Å². The zero-order valence-corrected chi connectivity index (χ0v) is 14.3. The highest BCUT2D eigenvalue weighted by molar-refractivity contribution is 6.30. The second-order valence-electron chi connectivity index (χ2n) is 5.32. The molecule has 0 aliphatic carbocycles. The molecule has 2 N–H and O–H groups in total. The Bertz CT molecular complexity index is 868. The smallest absolute Gasteiger partial charge is 0.274 e. The zero-order valence-electron chi connectivity index (χ0n) is 13.5. The predicted molar refractivity (Wildman–Crippen MR) is 97.7 cm³/mol. The maximum atomic E-state index is 12.4. The Morgan fingerprint density at radius 3 is 2.64 bits per heavy atom. The van der Waals surface area contributed by atoms with Crippen molar-refractivity contribution in [2.24, 2.45) is 0 Å². The molecule has 0 fully saturated rings. The van der Waals surface area contributed by atoms with Gasteiger partial charge in [-0.05, 0) is 43.3 Å². The first kappa shape index (κ1) is 16.9. The van der Waals surface area contributed by atoms with Crippen molar-refractivity contribution < 1.29 is 4.79 Å². The van der Waals surface area contributed by atoms with E-state index >= 15 is 0 Å². The first-order chi connectivity index (χ1) is 12.1. The fourth-order valence-electron chi connectivity index (χ4n) is 2.19. The summed E-state index contributed by atoms with van der Waals surface area (Å²) in [6, 6.07) is 14.2. The van der Waals surface area contributed by atoms with Crippen LogP contribution in [0, 0.1) is 6.92 Å². The number of hydrogen-bond donors (Lipinski definition) is 2. The minimum absolute atomic E-state index is 0.283. The minimum Gasteiger partial charge on any atom is -0.364 e. The molecule has 0 bridgehead atoms. The Kier molecular flexibility index (Phi) is 5.20. The van der Waals surface area contributed by atoms with Crippen LogP contribution in [0.25, 0.3) is 0 Å². The number of nitrogens with zero attached hydrogens (tertiary/aromatic N) is 3. The third-order valence-electron chi connectivity index (χ3n) is 3.35. The highest BCUT2D eigenvalue weighted by Gasteiger charge is 2.11. The lowest BCUT2D eigenvalue weighted by molar-refractivity contribution is 0.102. The number of benzene rings is 1. The summed E-state index contributed by atoms with van der Waals surface area (Å²) in [5, 5.41) is 6.55. The van der Waals surface area contributed by atoms with Gasteiger partial charge in [0.25, 0.3) is 5.91 Å². The van der Waals surface area contributed by atoms with Crippen molar-refractivity contribution in [1.29, 1.82) is 0 Å². The molecule has 0 aliphatic rings. The number of hydrogen-bond acceptors (Lipinski definition) is 5. The van der Waals surface area contributed by atoms with Gasteiger partial charge in [-0.1, -0.05) is 17.7 Å². The van der Waals surface area contributed by atoms with Gasteiger partial charge in [0.1, 0.15) is 17.3 Å². The third kappa shape index (κ3) is 4.74. The summed E-state index contributed by atoms with van der Waals surface area (Å²) in [5.74, 6) is 0.764. The van der Waals surface area contributed by atoms with Crippen molar-refractivity contribution in [1.82, 2.24) is 15.0 Å². The molecule has 0 atom stereocenters. The van der Waals surface area contributed by atoms with Gasteiger partial charge in [-0.2, -0.15) is 0 Å². The fraction of sp³-hybridized carbons (Fsp3) is 0.111. The van der Waals surface area contributed by atoms with Gasteiger partial charge in [-0.25, -0.2) is 9.97 Å². The van der Waals surface area contributed by atoms with Gasteiger partial charge in [-0.15, -0.1) is 0 Å². The average molecular weight is 354 g/mol.